The summed E-state index contributed by atoms with van der Waals surface area (Å²) in [6.07, 6.45) is 0. The van der Waals surface area contributed by atoms with Crippen molar-refractivity contribution in [3.05, 3.63) is 66.5 Å². The molecule has 0 bridgehead atoms. The molecule has 3 amide bonds. The van der Waals surface area contributed by atoms with Gasteiger partial charge < -0.3 is 15.1 Å². The van der Waals surface area contributed by atoms with E-state index in [0.717, 1.165) is 11.3 Å². The van der Waals surface area contributed by atoms with Crippen LogP contribution in [0.1, 0.15) is 9.67 Å². The van der Waals surface area contributed by atoms with Gasteiger partial charge in [-0.05, 0) is 24.3 Å². The van der Waals surface area contributed by atoms with Crippen LogP contribution in [0.2, 0.25) is 15.1 Å². The highest BCUT2D eigenvalue weighted by atomic mass is 35.5. The van der Waals surface area contributed by atoms with Gasteiger partial charge in [-0.1, -0.05) is 34.8 Å². The summed E-state index contributed by atoms with van der Waals surface area (Å²) in [7, 11) is 0. The van der Waals surface area contributed by atoms with Gasteiger partial charge in [-0.3, -0.25) is 14.9 Å². The van der Waals surface area contributed by atoms with Crippen LogP contribution >= 0.6 is 46.1 Å². The summed E-state index contributed by atoms with van der Waals surface area (Å²) in [4.78, 5) is 39.6. The first kappa shape index (κ1) is 22.6. The van der Waals surface area contributed by atoms with Crippen LogP contribution in [0.25, 0.3) is 10.1 Å². The zero-order valence-corrected chi connectivity index (χ0v) is 19.4. The number of urea groups is 1. The molecule has 0 aliphatic carbocycles. The van der Waals surface area contributed by atoms with Crippen LogP contribution in [-0.2, 0) is 0 Å². The fraction of sp³-hybridized carbons (Fsp3) is 0.200. The van der Waals surface area contributed by atoms with E-state index in [4.69, 9.17) is 34.8 Å². The molecule has 0 spiro atoms. The Balaban J connectivity index is 1.42. The Bertz CT molecular complexity index is 1240. The Morgan fingerprint density at radius 1 is 0.969 bits per heavy atom. The Labute approximate surface area is 201 Å². The van der Waals surface area contributed by atoms with Gasteiger partial charge >= 0.3 is 6.03 Å². The second-order valence-corrected chi connectivity index (χ2v) is 9.27. The third-order valence-corrected chi connectivity index (χ3v) is 7.43. The molecule has 0 radical (unpaired) electrons. The van der Waals surface area contributed by atoms with Crippen molar-refractivity contribution in [2.75, 3.05) is 31.5 Å². The van der Waals surface area contributed by atoms with E-state index in [1.807, 2.05) is 0 Å². The normalized spacial score (nSPS) is 14.0. The van der Waals surface area contributed by atoms with Gasteiger partial charge in [0.25, 0.3) is 11.6 Å². The topological polar surface area (TPSA) is 95.8 Å². The molecule has 2 heterocycles. The minimum atomic E-state index is -0.489. The number of carbonyl (C=O) groups excluding carboxylic acids is 2. The maximum atomic E-state index is 13.0. The van der Waals surface area contributed by atoms with E-state index in [1.54, 1.807) is 34.1 Å². The number of anilines is 1. The van der Waals surface area contributed by atoms with Crippen LogP contribution in [-0.4, -0.2) is 52.8 Å². The molecule has 32 heavy (non-hydrogen) atoms. The first-order chi connectivity index (χ1) is 15.2. The van der Waals surface area contributed by atoms with E-state index in [0.29, 0.717) is 56.9 Å². The van der Waals surface area contributed by atoms with Gasteiger partial charge in [-0.2, -0.15) is 0 Å². The maximum Gasteiger partial charge on any atom is 0.321 e. The molecule has 0 saturated carbocycles. The van der Waals surface area contributed by atoms with E-state index < -0.39 is 4.92 Å². The van der Waals surface area contributed by atoms with Crippen molar-refractivity contribution >= 4 is 79.5 Å². The Hall–Kier alpha value is -2.59. The standard InChI is InChI=1S/C20H15Cl3N4O4S/c21-14-4-1-11(9-15(14)22)24-20(29)26-7-5-25(6-8-26)19(28)18-17(23)13-3-2-12(27(30)31)10-16(13)32-18/h1-4,9-10H,5-8H2,(H,24,29). The van der Waals surface area contributed by atoms with Gasteiger partial charge in [0, 0.05) is 54.1 Å². The van der Waals surface area contributed by atoms with Gasteiger partial charge in [0.1, 0.15) is 4.88 Å². The van der Waals surface area contributed by atoms with Crippen LogP contribution in [0.3, 0.4) is 0 Å². The molecule has 1 fully saturated rings. The van der Waals surface area contributed by atoms with Crippen molar-refractivity contribution in [3.8, 4) is 0 Å². The number of nitro benzene ring substituents is 1. The lowest BCUT2D eigenvalue weighted by molar-refractivity contribution is -0.384. The minimum Gasteiger partial charge on any atom is -0.334 e. The molecular weight excluding hydrogens is 499 g/mol. The first-order valence-electron chi connectivity index (χ1n) is 9.41. The van der Waals surface area contributed by atoms with E-state index in [2.05, 4.69) is 5.32 Å². The van der Waals surface area contributed by atoms with Crippen LogP contribution in [0.15, 0.2) is 36.4 Å². The van der Waals surface area contributed by atoms with Crippen molar-refractivity contribution in [3.63, 3.8) is 0 Å². The molecule has 1 aliphatic heterocycles. The number of hydrogen-bond acceptors (Lipinski definition) is 5. The Kier molecular flexibility index (Phi) is 6.43. The van der Waals surface area contributed by atoms with Crippen molar-refractivity contribution in [2.24, 2.45) is 0 Å². The van der Waals surface area contributed by atoms with Gasteiger partial charge in [-0.15, -0.1) is 11.3 Å². The highest BCUT2D eigenvalue weighted by Gasteiger charge is 2.28. The average Bonchev–Trinajstić information content (AvgIpc) is 3.11. The number of thiophene rings is 1. The molecule has 1 aliphatic rings. The van der Waals surface area contributed by atoms with Crippen LogP contribution < -0.4 is 5.32 Å². The number of amides is 3. The van der Waals surface area contributed by atoms with E-state index in [-0.39, 0.29) is 22.6 Å². The SMILES string of the molecule is O=C(Nc1ccc(Cl)c(Cl)c1)N1CCN(C(=O)c2sc3cc([N+](=O)[O-])ccc3c2Cl)CC1. The number of benzene rings is 2. The molecule has 166 valence electrons. The van der Waals surface area contributed by atoms with Crippen molar-refractivity contribution < 1.29 is 14.5 Å². The largest absolute Gasteiger partial charge is 0.334 e. The molecule has 8 nitrogen and oxygen atoms in total. The molecule has 1 aromatic heterocycles. The number of fused-ring (bicyclic) bond motifs is 1. The zero-order valence-electron chi connectivity index (χ0n) is 16.3. The quantitative estimate of drug-likeness (QED) is 0.356. The number of nitrogens with one attached hydrogen (secondary N) is 1. The van der Waals surface area contributed by atoms with Gasteiger partial charge in [0.2, 0.25) is 0 Å². The van der Waals surface area contributed by atoms with E-state index in [1.165, 1.54) is 12.1 Å². The molecule has 3 aromatic rings. The molecule has 1 saturated heterocycles. The Morgan fingerprint density at radius 3 is 2.31 bits per heavy atom. The fourth-order valence-electron chi connectivity index (χ4n) is 3.34. The highest BCUT2D eigenvalue weighted by molar-refractivity contribution is 7.21. The lowest BCUT2D eigenvalue weighted by Gasteiger charge is -2.34. The molecule has 4 rings (SSSR count). The maximum absolute atomic E-state index is 13.0. The summed E-state index contributed by atoms with van der Waals surface area (Å²) in [6.45, 7) is 1.34. The third kappa shape index (κ3) is 4.47. The lowest BCUT2D eigenvalue weighted by Crippen LogP contribution is -2.51. The minimum absolute atomic E-state index is 0.0592. The first-order valence-corrected chi connectivity index (χ1v) is 11.4. The fourth-order valence-corrected chi connectivity index (χ4v) is 5.15. The summed E-state index contributed by atoms with van der Waals surface area (Å²) < 4.78 is 0.576. The van der Waals surface area contributed by atoms with Crippen molar-refractivity contribution in [2.45, 2.75) is 0 Å². The number of halogens is 3. The van der Waals surface area contributed by atoms with Gasteiger partial charge in [0.15, 0.2) is 0 Å². The van der Waals surface area contributed by atoms with Crippen molar-refractivity contribution in [1.82, 2.24) is 9.80 Å². The summed E-state index contributed by atoms with van der Waals surface area (Å²) in [6, 6.07) is 8.83. The second-order valence-electron chi connectivity index (χ2n) is 7.02. The number of rotatable bonds is 3. The Morgan fingerprint density at radius 2 is 1.66 bits per heavy atom. The monoisotopic (exact) mass is 512 g/mol. The number of piperazine rings is 1. The second kappa shape index (κ2) is 9.11. The van der Waals surface area contributed by atoms with Crippen LogP contribution in [0, 0.1) is 10.1 Å². The molecule has 12 heteroatoms. The number of non-ortho nitro benzene ring substituents is 1. The number of hydrogen-bond donors (Lipinski definition) is 1. The van der Waals surface area contributed by atoms with Crippen LogP contribution in [0.5, 0.6) is 0 Å². The molecule has 0 atom stereocenters. The smallest absolute Gasteiger partial charge is 0.321 e. The average molecular weight is 514 g/mol. The summed E-state index contributed by atoms with van der Waals surface area (Å²) >= 11 is 19.4. The van der Waals surface area contributed by atoms with Crippen LogP contribution in [0.4, 0.5) is 16.2 Å². The summed E-state index contributed by atoms with van der Waals surface area (Å²) in [5.41, 5.74) is 0.463. The molecule has 1 N–H and O–H groups in total. The number of nitrogens with zero attached hydrogens (tertiary/aromatic N) is 3. The highest BCUT2D eigenvalue weighted by Crippen LogP contribution is 2.38. The van der Waals surface area contributed by atoms with E-state index in [9.17, 15) is 19.7 Å². The van der Waals surface area contributed by atoms with E-state index >= 15 is 0 Å². The molecule has 0 unspecified atom stereocenters. The molecule has 2 aromatic carbocycles. The number of carbonyl (C=O) groups is 2. The lowest BCUT2D eigenvalue weighted by atomic mass is 10.2. The predicted octanol–water partition coefficient (Wildman–Crippen LogP) is 5.76. The molecular formula is C20H15Cl3N4O4S. The third-order valence-electron chi connectivity index (χ3n) is 5.04. The van der Waals surface area contributed by atoms with Gasteiger partial charge in [0.05, 0.1) is 20.0 Å². The van der Waals surface area contributed by atoms with Gasteiger partial charge in [-0.25, -0.2) is 4.79 Å². The zero-order chi connectivity index (χ0) is 23.0. The summed E-state index contributed by atoms with van der Waals surface area (Å²) in [5, 5.41) is 15.4. The number of nitro groups is 1. The van der Waals surface area contributed by atoms with Crippen molar-refractivity contribution in [1.29, 1.82) is 0 Å². The summed E-state index contributed by atoms with van der Waals surface area (Å²) in [5.74, 6) is -0.261. The predicted molar refractivity (Wildman–Crippen MR) is 126 cm³/mol.